The molecule has 1 heterocycles. The van der Waals surface area contributed by atoms with E-state index < -0.39 is 0 Å². The van der Waals surface area contributed by atoms with Crippen molar-refractivity contribution in [2.75, 3.05) is 12.4 Å². The van der Waals surface area contributed by atoms with Gasteiger partial charge < -0.3 is 14.0 Å². The fourth-order valence-electron chi connectivity index (χ4n) is 2.08. The zero-order valence-electron chi connectivity index (χ0n) is 14.1. The lowest BCUT2D eigenvalue weighted by atomic mass is 10.2. The van der Waals surface area contributed by atoms with Crippen molar-refractivity contribution in [1.29, 1.82) is 0 Å². The minimum atomic E-state index is -0.334. The maximum atomic E-state index is 11.4. The van der Waals surface area contributed by atoms with Crippen LogP contribution < -0.4 is 4.74 Å². The van der Waals surface area contributed by atoms with E-state index in [0.29, 0.717) is 28.4 Å². The average molecular weight is 370 g/mol. The summed E-state index contributed by atoms with van der Waals surface area (Å²) in [7, 11) is 1.83. The van der Waals surface area contributed by atoms with Gasteiger partial charge in [0.2, 0.25) is 0 Å². The number of carbonyl (C=O) groups excluding carboxylic acids is 1. The van der Waals surface area contributed by atoms with Gasteiger partial charge in [0.15, 0.2) is 17.1 Å². The number of rotatable bonds is 7. The van der Waals surface area contributed by atoms with Crippen LogP contribution in [-0.2, 0) is 16.6 Å². The number of ether oxygens (including phenoxy) is 2. The molecule has 0 aliphatic carbocycles. The number of aryl methyl sites for hydroxylation is 1. The summed E-state index contributed by atoms with van der Waals surface area (Å²) in [4.78, 5) is 11.4. The van der Waals surface area contributed by atoms with Gasteiger partial charge >= 0.3 is 5.97 Å². The summed E-state index contributed by atoms with van der Waals surface area (Å²) >= 11 is 7.44. The normalized spacial score (nSPS) is 12.0. The van der Waals surface area contributed by atoms with Gasteiger partial charge in [0.25, 0.3) is 0 Å². The minimum absolute atomic E-state index is 0.193. The predicted octanol–water partition coefficient (Wildman–Crippen LogP) is 3.57. The number of carbonyl (C=O) groups is 1. The van der Waals surface area contributed by atoms with Crippen molar-refractivity contribution in [1.82, 2.24) is 14.8 Å². The summed E-state index contributed by atoms with van der Waals surface area (Å²) in [6, 6.07) is 5.61. The number of thioether (sulfide) groups is 1. The third-order valence-corrected chi connectivity index (χ3v) is 4.55. The van der Waals surface area contributed by atoms with Crippen LogP contribution in [0.3, 0.4) is 0 Å². The highest BCUT2D eigenvalue weighted by molar-refractivity contribution is 7.99. The summed E-state index contributed by atoms with van der Waals surface area (Å²) in [5.41, 5.74) is 1.06. The van der Waals surface area contributed by atoms with Gasteiger partial charge in [0, 0.05) is 7.05 Å². The Balaban J connectivity index is 2.06. The molecule has 0 N–H and O–H groups in total. The molecule has 0 spiro atoms. The zero-order chi connectivity index (χ0) is 17.7. The van der Waals surface area contributed by atoms with E-state index in [-0.39, 0.29) is 17.8 Å². The van der Waals surface area contributed by atoms with Crippen LogP contribution in [0.1, 0.15) is 31.3 Å². The van der Waals surface area contributed by atoms with E-state index in [2.05, 4.69) is 10.2 Å². The Morgan fingerprint density at radius 3 is 2.88 bits per heavy atom. The van der Waals surface area contributed by atoms with E-state index in [1.54, 1.807) is 17.6 Å². The van der Waals surface area contributed by atoms with Gasteiger partial charge in [-0.1, -0.05) is 29.4 Å². The molecule has 1 aromatic carbocycles. The molecule has 6 nitrogen and oxygen atoms in total. The number of aromatic nitrogens is 3. The zero-order valence-corrected chi connectivity index (χ0v) is 15.6. The first-order chi connectivity index (χ1) is 11.4. The van der Waals surface area contributed by atoms with Crippen molar-refractivity contribution in [3.05, 3.63) is 34.6 Å². The van der Waals surface area contributed by atoms with Crippen LogP contribution in [0.4, 0.5) is 0 Å². The average Bonchev–Trinajstić information content (AvgIpc) is 2.90. The Hall–Kier alpha value is -1.73. The maximum absolute atomic E-state index is 11.4. The fourth-order valence-corrected chi connectivity index (χ4v) is 2.95. The van der Waals surface area contributed by atoms with Gasteiger partial charge in [-0.05, 0) is 38.5 Å². The van der Waals surface area contributed by atoms with Gasteiger partial charge in [-0.3, -0.25) is 4.79 Å². The lowest BCUT2D eigenvalue weighted by Gasteiger charge is -2.15. The summed E-state index contributed by atoms with van der Waals surface area (Å²) < 4.78 is 12.6. The topological polar surface area (TPSA) is 66.2 Å². The molecule has 1 atom stereocenters. The van der Waals surface area contributed by atoms with Crippen LogP contribution in [-0.4, -0.2) is 33.1 Å². The Morgan fingerprint density at radius 1 is 1.42 bits per heavy atom. The molecule has 8 heteroatoms. The number of hydrogen-bond acceptors (Lipinski definition) is 6. The Kier molecular flexibility index (Phi) is 6.51. The van der Waals surface area contributed by atoms with E-state index in [9.17, 15) is 4.79 Å². The first-order valence-electron chi connectivity index (χ1n) is 7.52. The molecular formula is C16H20ClN3O3S. The Labute approximate surface area is 150 Å². The van der Waals surface area contributed by atoms with Gasteiger partial charge in [0.05, 0.1) is 17.4 Å². The van der Waals surface area contributed by atoms with Crippen molar-refractivity contribution < 1.29 is 14.3 Å². The van der Waals surface area contributed by atoms with E-state index in [0.717, 1.165) is 5.56 Å². The van der Waals surface area contributed by atoms with E-state index in [1.165, 1.54) is 11.8 Å². The molecule has 0 aliphatic rings. The van der Waals surface area contributed by atoms with Crippen LogP contribution in [0.15, 0.2) is 23.4 Å². The molecule has 0 bridgehead atoms. The quantitative estimate of drug-likeness (QED) is 0.549. The lowest BCUT2D eigenvalue weighted by Crippen LogP contribution is -2.11. The molecule has 0 aliphatic heterocycles. The van der Waals surface area contributed by atoms with Crippen molar-refractivity contribution in [3.63, 3.8) is 0 Å². The smallest absolute Gasteiger partial charge is 0.316 e. The summed E-state index contributed by atoms with van der Waals surface area (Å²) in [5, 5.41) is 9.44. The van der Waals surface area contributed by atoms with Crippen molar-refractivity contribution >= 4 is 29.3 Å². The standard InChI is InChI=1S/C16H20ClN3O3S/c1-5-22-14(21)9-24-16-19-18-15(20(16)4)11(3)23-13-8-10(2)6-7-12(13)17/h6-8,11H,5,9H2,1-4H3. The van der Waals surface area contributed by atoms with Crippen LogP contribution >= 0.6 is 23.4 Å². The third kappa shape index (κ3) is 4.64. The molecule has 2 rings (SSSR count). The van der Waals surface area contributed by atoms with Crippen LogP contribution in [0.25, 0.3) is 0 Å². The summed E-state index contributed by atoms with van der Waals surface area (Å²) in [6.45, 7) is 5.99. The number of hydrogen-bond donors (Lipinski definition) is 0. The van der Waals surface area contributed by atoms with Crippen LogP contribution in [0.5, 0.6) is 5.75 Å². The maximum Gasteiger partial charge on any atom is 0.316 e. The monoisotopic (exact) mass is 369 g/mol. The molecule has 0 radical (unpaired) electrons. The van der Waals surface area contributed by atoms with Gasteiger partial charge in [-0.2, -0.15) is 0 Å². The molecule has 0 amide bonds. The number of esters is 1. The second-order valence-electron chi connectivity index (χ2n) is 5.19. The number of halogens is 1. The van der Waals surface area contributed by atoms with Crippen LogP contribution in [0.2, 0.25) is 5.02 Å². The largest absolute Gasteiger partial charge is 0.481 e. The molecule has 0 saturated heterocycles. The third-order valence-electron chi connectivity index (χ3n) is 3.25. The van der Waals surface area contributed by atoms with E-state index in [4.69, 9.17) is 21.1 Å². The van der Waals surface area contributed by atoms with E-state index >= 15 is 0 Å². The molecule has 0 fully saturated rings. The molecule has 130 valence electrons. The first kappa shape index (κ1) is 18.6. The second kappa shape index (κ2) is 8.39. The van der Waals surface area contributed by atoms with Gasteiger partial charge in [-0.25, -0.2) is 0 Å². The highest BCUT2D eigenvalue weighted by atomic mass is 35.5. The van der Waals surface area contributed by atoms with Crippen molar-refractivity contribution in [3.8, 4) is 5.75 Å². The Morgan fingerprint density at radius 2 is 2.17 bits per heavy atom. The van der Waals surface area contributed by atoms with Crippen molar-refractivity contribution in [2.24, 2.45) is 7.05 Å². The minimum Gasteiger partial charge on any atom is -0.481 e. The van der Waals surface area contributed by atoms with Crippen LogP contribution in [0, 0.1) is 6.92 Å². The molecule has 24 heavy (non-hydrogen) atoms. The highest BCUT2D eigenvalue weighted by Gasteiger charge is 2.19. The highest BCUT2D eigenvalue weighted by Crippen LogP contribution is 2.30. The Bertz CT molecular complexity index is 721. The molecular weight excluding hydrogens is 350 g/mol. The summed E-state index contributed by atoms with van der Waals surface area (Å²) in [6.07, 6.45) is -0.334. The first-order valence-corrected chi connectivity index (χ1v) is 8.89. The van der Waals surface area contributed by atoms with Gasteiger partial charge in [0.1, 0.15) is 5.75 Å². The molecule has 0 saturated carbocycles. The number of nitrogens with zero attached hydrogens (tertiary/aromatic N) is 3. The van der Waals surface area contributed by atoms with Gasteiger partial charge in [-0.15, -0.1) is 10.2 Å². The second-order valence-corrected chi connectivity index (χ2v) is 6.54. The lowest BCUT2D eigenvalue weighted by molar-refractivity contribution is -0.139. The SMILES string of the molecule is CCOC(=O)CSc1nnc(C(C)Oc2cc(C)ccc2Cl)n1C. The molecule has 2 aromatic rings. The molecule has 1 unspecified atom stereocenters. The van der Waals surface area contributed by atoms with Crippen molar-refractivity contribution in [2.45, 2.75) is 32.0 Å². The van der Waals surface area contributed by atoms with E-state index in [1.807, 2.05) is 33.0 Å². The predicted molar refractivity (Wildman–Crippen MR) is 93.6 cm³/mol. The summed E-state index contributed by atoms with van der Waals surface area (Å²) in [5.74, 6) is 1.17. The number of benzene rings is 1. The fraction of sp³-hybridized carbons (Fsp3) is 0.438. The molecule has 1 aromatic heterocycles.